The molecule has 4 heteroatoms. The highest BCUT2D eigenvalue weighted by Crippen LogP contribution is 2.21. The van der Waals surface area contributed by atoms with Crippen molar-refractivity contribution in [1.82, 2.24) is 4.57 Å². The zero-order valence-corrected chi connectivity index (χ0v) is 12.5. The molecular formula is C16H14BrNO2. The molecule has 0 radical (unpaired) electrons. The second kappa shape index (κ2) is 5.67. The Labute approximate surface area is 125 Å². The van der Waals surface area contributed by atoms with Gasteiger partial charge in [0.05, 0.1) is 12.8 Å². The summed E-state index contributed by atoms with van der Waals surface area (Å²) in [6, 6.07) is 11.8. The topological polar surface area (TPSA) is 35.1 Å². The maximum absolute atomic E-state index is 12.0. The number of hydrogen-bond acceptors (Lipinski definition) is 2. The zero-order chi connectivity index (χ0) is 13.9. The van der Waals surface area contributed by atoms with Crippen LogP contribution in [0, 0.1) is 0 Å². The number of benzene rings is 1. The van der Waals surface area contributed by atoms with E-state index in [0.717, 1.165) is 21.1 Å². The normalized spacial score (nSPS) is 11.1. The van der Waals surface area contributed by atoms with Gasteiger partial charge in [0.25, 0.3) is 0 Å². The molecule has 1 aromatic carbocycles. The van der Waals surface area contributed by atoms with Crippen molar-refractivity contribution in [2.75, 3.05) is 0 Å². The molecule has 0 fully saturated rings. The number of furan rings is 1. The van der Waals surface area contributed by atoms with Gasteiger partial charge in [0.2, 0.25) is 0 Å². The Balaban J connectivity index is 1.68. The summed E-state index contributed by atoms with van der Waals surface area (Å²) >= 11 is 3.45. The molecule has 0 unspecified atom stereocenters. The van der Waals surface area contributed by atoms with Gasteiger partial charge in [0.15, 0.2) is 5.78 Å². The third-order valence-electron chi connectivity index (χ3n) is 3.31. The van der Waals surface area contributed by atoms with Gasteiger partial charge in [0, 0.05) is 34.4 Å². The molecule has 0 aliphatic carbocycles. The predicted octanol–water partition coefficient (Wildman–Crippen LogP) is 4.20. The monoisotopic (exact) mass is 331 g/mol. The minimum Gasteiger partial charge on any atom is -0.469 e. The second-order valence-corrected chi connectivity index (χ2v) is 5.68. The fourth-order valence-corrected chi connectivity index (χ4v) is 2.67. The van der Waals surface area contributed by atoms with Crippen LogP contribution >= 0.6 is 15.9 Å². The molecule has 0 saturated heterocycles. The molecule has 20 heavy (non-hydrogen) atoms. The lowest BCUT2D eigenvalue weighted by Gasteiger charge is -2.04. The Morgan fingerprint density at radius 1 is 1.25 bits per heavy atom. The van der Waals surface area contributed by atoms with Crippen LogP contribution in [-0.4, -0.2) is 10.4 Å². The Morgan fingerprint density at radius 3 is 2.95 bits per heavy atom. The van der Waals surface area contributed by atoms with Crippen LogP contribution in [0.25, 0.3) is 10.9 Å². The van der Waals surface area contributed by atoms with E-state index >= 15 is 0 Å². The largest absolute Gasteiger partial charge is 0.469 e. The first-order valence-corrected chi connectivity index (χ1v) is 7.30. The fourth-order valence-electron chi connectivity index (χ4n) is 2.30. The SMILES string of the molecule is O=C(CCc1ccco1)Cn1ccc2cc(Br)ccc21. The Morgan fingerprint density at radius 2 is 2.15 bits per heavy atom. The van der Waals surface area contributed by atoms with Crippen LogP contribution in [-0.2, 0) is 17.8 Å². The van der Waals surface area contributed by atoms with Crippen molar-refractivity contribution in [2.45, 2.75) is 19.4 Å². The molecule has 3 nitrogen and oxygen atoms in total. The van der Waals surface area contributed by atoms with E-state index < -0.39 is 0 Å². The van der Waals surface area contributed by atoms with Crippen LogP contribution in [0.1, 0.15) is 12.2 Å². The van der Waals surface area contributed by atoms with Crippen molar-refractivity contribution in [1.29, 1.82) is 0 Å². The van der Waals surface area contributed by atoms with E-state index in [1.807, 2.05) is 41.1 Å². The lowest BCUT2D eigenvalue weighted by atomic mass is 10.2. The number of Topliss-reactive ketones (excluding diaryl/α,β-unsaturated/α-hetero) is 1. The summed E-state index contributed by atoms with van der Waals surface area (Å²) in [5.41, 5.74) is 1.08. The average Bonchev–Trinajstić information content (AvgIpc) is 3.06. The molecule has 102 valence electrons. The van der Waals surface area contributed by atoms with Crippen LogP contribution in [0.3, 0.4) is 0 Å². The van der Waals surface area contributed by atoms with Crippen LogP contribution in [0.5, 0.6) is 0 Å². The van der Waals surface area contributed by atoms with Crippen molar-refractivity contribution >= 4 is 32.6 Å². The van der Waals surface area contributed by atoms with Crippen molar-refractivity contribution in [3.63, 3.8) is 0 Å². The van der Waals surface area contributed by atoms with E-state index in [2.05, 4.69) is 22.0 Å². The molecule has 0 atom stereocenters. The van der Waals surface area contributed by atoms with Gasteiger partial charge in [-0.25, -0.2) is 0 Å². The molecule has 0 aliphatic rings. The fraction of sp³-hybridized carbons (Fsp3) is 0.188. The summed E-state index contributed by atoms with van der Waals surface area (Å²) in [5.74, 6) is 1.07. The summed E-state index contributed by atoms with van der Waals surface area (Å²) in [6.07, 6.45) is 4.76. The van der Waals surface area contributed by atoms with Gasteiger partial charge >= 0.3 is 0 Å². The molecular weight excluding hydrogens is 318 g/mol. The molecule has 0 N–H and O–H groups in total. The summed E-state index contributed by atoms with van der Waals surface area (Å²) in [5, 5.41) is 1.14. The first-order chi connectivity index (χ1) is 9.72. The van der Waals surface area contributed by atoms with Gasteiger partial charge in [-0.3, -0.25) is 4.79 Å². The van der Waals surface area contributed by atoms with Crippen LogP contribution in [0.4, 0.5) is 0 Å². The van der Waals surface area contributed by atoms with Gasteiger partial charge in [0.1, 0.15) is 5.76 Å². The standard InChI is InChI=1S/C16H14BrNO2/c17-13-3-6-16-12(10-13)7-8-18(16)11-14(19)4-5-15-2-1-9-20-15/h1-3,6-10H,4-5,11H2. The number of hydrogen-bond donors (Lipinski definition) is 0. The number of carbonyl (C=O) groups excluding carboxylic acids is 1. The molecule has 3 aromatic rings. The molecule has 2 heterocycles. The smallest absolute Gasteiger partial charge is 0.152 e. The number of rotatable bonds is 5. The summed E-state index contributed by atoms with van der Waals surface area (Å²) < 4.78 is 8.28. The molecule has 0 amide bonds. The van der Waals surface area contributed by atoms with E-state index in [0.29, 0.717) is 19.4 Å². The van der Waals surface area contributed by atoms with Crippen molar-refractivity contribution in [3.8, 4) is 0 Å². The van der Waals surface area contributed by atoms with E-state index in [9.17, 15) is 4.79 Å². The first kappa shape index (κ1) is 13.2. The van der Waals surface area contributed by atoms with Crippen LogP contribution in [0.2, 0.25) is 0 Å². The minimum absolute atomic E-state index is 0.210. The lowest BCUT2D eigenvalue weighted by molar-refractivity contribution is -0.119. The molecule has 0 aliphatic heterocycles. The second-order valence-electron chi connectivity index (χ2n) is 4.76. The van der Waals surface area contributed by atoms with Gasteiger partial charge in [-0.15, -0.1) is 0 Å². The number of fused-ring (bicyclic) bond motifs is 1. The number of nitrogens with zero attached hydrogens (tertiary/aromatic N) is 1. The maximum atomic E-state index is 12.0. The van der Waals surface area contributed by atoms with Crippen molar-refractivity contribution < 1.29 is 9.21 Å². The van der Waals surface area contributed by atoms with E-state index in [4.69, 9.17) is 4.42 Å². The first-order valence-electron chi connectivity index (χ1n) is 6.51. The van der Waals surface area contributed by atoms with Gasteiger partial charge in [-0.2, -0.15) is 0 Å². The average molecular weight is 332 g/mol. The number of halogens is 1. The molecule has 2 aromatic heterocycles. The van der Waals surface area contributed by atoms with Crippen molar-refractivity contribution in [3.05, 3.63) is 59.1 Å². The quantitative estimate of drug-likeness (QED) is 0.702. The molecule has 0 saturated carbocycles. The van der Waals surface area contributed by atoms with Crippen molar-refractivity contribution in [2.24, 2.45) is 0 Å². The maximum Gasteiger partial charge on any atom is 0.152 e. The highest BCUT2D eigenvalue weighted by molar-refractivity contribution is 9.10. The number of aryl methyl sites for hydroxylation is 1. The predicted molar refractivity (Wildman–Crippen MR) is 81.7 cm³/mol. The third-order valence-corrected chi connectivity index (χ3v) is 3.80. The highest BCUT2D eigenvalue weighted by Gasteiger charge is 2.08. The van der Waals surface area contributed by atoms with Gasteiger partial charge in [-0.05, 0) is 36.4 Å². The van der Waals surface area contributed by atoms with Crippen LogP contribution < -0.4 is 0 Å². The summed E-state index contributed by atoms with van der Waals surface area (Å²) in [7, 11) is 0. The van der Waals surface area contributed by atoms with Gasteiger partial charge < -0.3 is 8.98 Å². The summed E-state index contributed by atoms with van der Waals surface area (Å²) in [6.45, 7) is 0.409. The van der Waals surface area contributed by atoms with Gasteiger partial charge in [-0.1, -0.05) is 15.9 Å². The van der Waals surface area contributed by atoms with E-state index in [-0.39, 0.29) is 5.78 Å². The number of ketones is 1. The Hall–Kier alpha value is -1.81. The number of carbonyl (C=O) groups is 1. The highest BCUT2D eigenvalue weighted by atomic mass is 79.9. The van der Waals surface area contributed by atoms with E-state index in [1.165, 1.54) is 0 Å². The molecule has 0 bridgehead atoms. The Kier molecular flexibility index (Phi) is 3.74. The molecule has 0 spiro atoms. The number of aromatic nitrogens is 1. The molecule has 3 rings (SSSR count). The Bertz CT molecular complexity index is 728. The third kappa shape index (κ3) is 2.85. The zero-order valence-electron chi connectivity index (χ0n) is 10.9. The minimum atomic E-state index is 0.210. The lowest BCUT2D eigenvalue weighted by Crippen LogP contribution is -2.09. The van der Waals surface area contributed by atoms with Crippen LogP contribution in [0.15, 0.2) is 57.7 Å². The summed E-state index contributed by atoms with van der Waals surface area (Å²) in [4.78, 5) is 12.0. The van der Waals surface area contributed by atoms with E-state index in [1.54, 1.807) is 6.26 Å².